The molecule has 3 aromatic rings. The standard InChI is InChI=1S/C11H7ClN2OS/c12-7-3-4-16-10(7)11-14-8-5-6(13)1-2-9(8)15-11/h1-5H,13H2. The molecule has 1 aromatic carbocycles. The van der Waals surface area contributed by atoms with Gasteiger partial charge >= 0.3 is 0 Å². The minimum Gasteiger partial charge on any atom is -0.435 e. The lowest BCUT2D eigenvalue weighted by atomic mass is 10.3. The molecule has 0 bridgehead atoms. The van der Waals surface area contributed by atoms with Crippen molar-refractivity contribution in [3.8, 4) is 10.8 Å². The van der Waals surface area contributed by atoms with Gasteiger partial charge in [-0.25, -0.2) is 4.98 Å². The zero-order valence-electron chi connectivity index (χ0n) is 8.11. The van der Waals surface area contributed by atoms with Gasteiger partial charge in [-0.3, -0.25) is 0 Å². The predicted molar refractivity (Wildman–Crippen MR) is 66.7 cm³/mol. The number of nitrogens with two attached hydrogens (primary N) is 1. The summed E-state index contributed by atoms with van der Waals surface area (Å²) in [6, 6.07) is 7.20. The zero-order chi connectivity index (χ0) is 11.1. The van der Waals surface area contributed by atoms with E-state index < -0.39 is 0 Å². The molecule has 0 aliphatic rings. The van der Waals surface area contributed by atoms with Crippen LogP contribution in [-0.2, 0) is 0 Å². The van der Waals surface area contributed by atoms with Gasteiger partial charge in [0.15, 0.2) is 5.58 Å². The molecule has 0 atom stereocenters. The summed E-state index contributed by atoms with van der Waals surface area (Å²) in [5.74, 6) is 0.542. The summed E-state index contributed by atoms with van der Waals surface area (Å²) in [6.45, 7) is 0. The van der Waals surface area contributed by atoms with E-state index in [1.54, 1.807) is 12.1 Å². The van der Waals surface area contributed by atoms with E-state index in [-0.39, 0.29) is 0 Å². The van der Waals surface area contributed by atoms with Gasteiger partial charge in [0.25, 0.3) is 0 Å². The Bertz CT molecular complexity index is 659. The Morgan fingerprint density at radius 2 is 2.19 bits per heavy atom. The summed E-state index contributed by atoms with van der Waals surface area (Å²) in [5, 5.41) is 2.56. The Morgan fingerprint density at radius 1 is 1.31 bits per heavy atom. The summed E-state index contributed by atoms with van der Waals surface area (Å²) in [4.78, 5) is 5.20. The SMILES string of the molecule is Nc1ccc2oc(-c3sccc3Cl)nc2c1. The van der Waals surface area contributed by atoms with Gasteiger partial charge in [0.2, 0.25) is 5.89 Å². The van der Waals surface area contributed by atoms with Crippen LogP contribution >= 0.6 is 22.9 Å². The fraction of sp³-hybridized carbons (Fsp3) is 0. The first-order valence-corrected chi connectivity index (χ1v) is 5.89. The maximum absolute atomic E-state index is 6.02. The maximum atomic E-state index is 6.02. The molecule has 0 aliphatic carbocycles. The van der Waals surface area contributed by atoms with E-state index in [1.165, 1.54) is 11.3 Å². The third-order valence-electron chi connectivity index (χ3n) is 2.22. The number of hydrogen-bond acceptors (Lipinski definition) is 4. The van der Waals surface area contributed by atoms with Crippen LogP contribution in [-0.4, -0.2) is 4.98 Å². The van der Waals surface area contributed by atoms with Gasteiger partial charge in [0, 0.05) is 5.69 Å². The molecule has 2 heterocycles. The van der Waals surface area contributed by atoms with Crippen LogP contribution < -0.4 is 5.73 Å². The number of rotatable bonds is 1. The van der Waals surface area contributed by atoms with Crippen LogP contribution in [0.1, 0.15) is 0 Å². The molecule has 0 aliphatic heterocycles. The summed E-state index contributed by atoms with van der Waals surface area (Å²) < 4.78 is 5.61. The largest absolute Gasteiger partial charge is 0.435 e. The molecule has 5 heteroatoms. The normalized spacial score (nSPS) is 11.1. The van der Waals surface area contributed by atoms with Crippen LogP contribution in [0.2, 0.25) is 5.02 Å². The summed E-state index contributed by atoms with van der Waals surface area (Å²) in [5.41, 5.74) is 7.81. The highest BCUT2D eigenvalue weighted by molar-refractivity contribution is 7.14. The highest BCUT2D eigenvalue weighted by Gasteiger charge is 2.12. The first-order chi connectivity index (χ1) is 7.74. The van der Waals surface area contributed by atoms with Gasteiger partial charge in [-0.1, -0.05) is 11.6 Å². The molecule has 0 fully saturated rings. The van der Waals surface area contributed by atoms with Gasteiger partial charge in [-0.05, 0) is 29.6 Å². The number of benzene rings is 1. The molecule has 16 heavy (non-hydrogen) atoms. The van der Waals surface area contributed by atoms with Crippen molar-refractivity contribution in [3.63, 3.8) is 0 Å². The van der Waals surface area contributed by atoms with Crippen LogP contribution in [0.25, 0.3) is 21.9 Å². The predicted octanol–water partition coefficient (Wildman–Crippen LogP) is 3.79. The fourth-order valence-corrected chi connectivity index (χ4v) is 2.55. The van der Waals surface area contributed by atoms with Crippen LogP contribution in [0, 0.1) is 0 Å². The van der Waals surface area contributed by atoms with Gasteiger partial charge in [0.05, 0.1) is 5.02 Å². The Hall–Kier alpha value is -1.52. The van der Waals surface area contributed by atoms with E-state index in [4.69, 9.17) is 21.8 Å². The molecule has 2 aromatic heterocycles. The van der Waals surface area contributed by atoms with E-state index in [1.807, 2.05) is 17.5 Å². The lowest BCUT2D eigenvalue weighted by Gasteiger charge is -1.88. The molecule has 3 nitrogen and oxygen atoms in total. The molecule has 0 saturated heterocycles. The minimum absolute atomic E-state index is 0.542. The van der Waals surface area contributed by atoms with E-state index in [9.17, 15) is 0 Å². The Balaban J connectivity index is 2.23. The van der Waals surface area contributed by atoms with Crippen molar-refractivity contribution in [1.29, 1.82) is 0 Å². The molecule has 80 valence electrons. The monoisotopic (exact) mass is 250 g/mol. The van der Waals surface area contributed by atoms with Crippen LogP contribution in [0.4, 0.5) is 5.69 Å². The average molecular weight is 251 g/mol. The molecule has 0 unspecified atom stereocenters. The maximum Gasteiger partial charge on any atom is 0.239 e. The van der Waals surface area contributed by atoms with Gasteiger partial charge < -0.3 is 10.2 Å². The lowest BCUT2D eigenvalue weighted by molar-refractivity contribution is 0.622. The highest BCUT2D eigenvalue weighted by atomic mass is 35.5. The molecule has 3 rings (SSSR count). The number of hydrogen-bond donors (Lipinski definition) is 1. The number of halogens is 1. The minimum atomic E-state index is 0.542. The molecule has 0 spiro atoms. The number of fused-ring (bicyclic) bond motifs is 1. The first-order valence-electron chi connectivity index (χ1n) is 4.63. The summed E-state index contributed by atoms with van der Waals surface area (Å²) >= 11 is 7.52. The average Bonchev–Trinajstić information content (AvgIpc) is 2.82. The Morgan fingerprint density at radius 3 is 2.94 bits per heavy atom. The summed E-state index contributed by atoms with van der Waals surface area (Å²) in [7, 11) is 0. The van der Waals surface area contributed by atoms with Gasteiger partial charge in [-0.2, -0.15) is 0 Å². The van der Waals surface area contributed by atoms with Crippen LogP contribution in [0.15, 0.2) is 34.1 Å². The molecule has 0 radical (unpaired) electrons. The van der Waals surface area contributed by atoms with Gasteiger partial charge in [-0.15, -0.1) is 11.3 Å². The van der Waals surface area contributed by atoms with Crippen molar-refractivity contribution < 1.29 is 4.42 Å². The van der Waals surface area contributed by atoms with E-state index >= 15 is 0 Å². The van der Waals surface area contributed by atoms with E-state index in [0.717, 1.165) is 10.4 Å². The fourth-order valence-electron chi connectivity index (χ4n) is 1.49. The van der Waals surface area contributed by atoms with Crippen LogP contribution in [0.5, 0.6) is 0 Å². The number of aromatic nitrogens is 1. The second-order valence-electron chi connectivity index (χ2n) is 3.34. The summed E-state index contributed by atoms with van der Waals surface area (Å²) in [6.07, 6.45) is 0. The van der Waals surface area contributed by atoms with Crippen molar-refractivity contribution in [2.24, 2.45) is 0 Å². The van der Waals surface area contributed by atoms with Crippen molar-refractivity contribution >= 4 is 39.7 Å². The first kappa shape index (κ1) is 9.69. The topological polar surface area (TPSA) is 52.0 Å². The number of anilines is 1. The van der Waals surface area contributed by atoms with Crippen molar-refractivity contribution in [1.82, 2.24) is 4.98 Å². The molecule has 0 saturated carbocycles. The third-order valence-corrected chi connectivity index (χ3v) is 3.55. The van der Waals surface area contributed by atoms with Crippen molar-refractivity contribution in [2.75, 3.05) is 5.73 Å². The molecular weight excluding hydrogens is 244 g/mol. The second-order valence-corrected chi connectivity index (χ2v) is 4.67. The second kappa shape index (κ2) is 3.50. The quantitative estimate of drug-likeness (QED) is 0.669. The van der Waals surface area contributed by atoms with Crippen molar-refractivity contribution in [2.45, 2.75) is 0 Å². The van der Waals surface area contributed by atoms with Gasteiger partial charge in [0.1, 0.15) is 10.4 Å². The number of oxazole rings is 1. The highest BCUT2D eigenvalue weighted by Crippen LogP contribution is 2.34. The third kappa shape index (κ3) is 1.47. The van der Waals surface area contributed by atoms with E-state index in [0.29, 0.717) is 22.2 Å². The Labute approximate surface area is 100 Å². The zero-order valence-corrected chi connectivity index (χ0v) is 9.68. The van der Waals surface area contributed by atoms with Crippen molar-refractivity contribution in [3.05, 3.63) is 34.7 Å². The smallest absolute Gasteiger partial charge is 0.239 e. The number of thiophene rings is 1. The molecular formula is C11H7ClN2OS. The Kier molecular flexibility index (Phi) is 2.12. The number of nitrogens with zero attached hydrogens (tertiary/aromatic N) is 1. The van der Waals surface area contributed by atoms with E-state index in [2.05, 4.69) is 4.98 Å². The number of nitrogen functional groups attached to an aromatic ring is 1. The molecule has 2 N–H and O–H groups in total. The van der Waals surface area contributed by atoms with Crippen LogP contribution in [0.3, 0.4) is 0 Å². The lowest BCUT2D eigenvalue weighted by Crippen LogP contribution is -1.82. The molecule has 0 amide bonds.